The number of aromatic amines is 1. The molecule has 0 saturated carbocycles. The van der Waals surface area contributed by atoms with Crippen molar-refractivity contribution in [3.63, 3.8) is 0 Å². The Hall–Kier alpha value is -1.98. The first-order chi connectivity index (χ1) is 8.38. The van der Waals surface area contributed by atoms with Crippen molar-refractivity contribution in [1.29, 1.82) is 0 Å². The Morgan fingerprint density at radius 2 is 2.00 bits per heavy atom. The largest absolute Gasteiger partial charge is 0.508 e. The zero-order valence-corrected chi connectivity index (χ0v) is 9.54. The van der Waals surface area contributed by atoms with E-state index in [1.807, 2.05) is 5.10 Å². The second-order valence-corrected chi connectivity index (χ2v) is 4.06. The first-order valence-corrected chi connectivity index (χ1v) is 5.26. The molecule has 0 spiro atoms. The molecular weight excluding hydrogens is 245 g/mol. The lowest BCUT2D eigenvalue weighted by atomic mass is 10.0. The average Bonchev–Trinajstić information content (AvgIpc) is 2.70. The average molecular weight is 256 g/mol. The lowest BCUT2D eigenvalue weighted by Gasteiger charge is -2.09. The van der Waals surface area contributed by atoms with Crippen LogP contribution in [-0.4, -0.2) is 15.3 Å². The molecule has 0 atom stereocenters. The molecule has 0 saturated heterocycles. The summed E-state index contributed by atoms with van der Waals surface area (Å²) < 4.78 is 37.9. The van der Waals surface area contributed by atoms with E-state index >= 15 is 0 Å². The number of nitrogens with one attached hydrogen (secondary N) is 1. The van der Waals surface area contributed by atoms with E-state index in [-0.39, 0.29) is 17.7 Å². The van der Waals surface area contributed by atoms with Gasteiger partial charge in [-0.25, -0.2) is 0 Å². The lowest BCUT2D eigenvalue weighted by molar-refractivity contribution is -0.141. The molecule has 1 aromatic carbocycles. The van der Waals surface area contributed by atoms with Gasteiger partial charge in [0, 0.05) is 12.0 Å². The minimum Gasteiger partial charge on any atom is -0.508 e. The summed E-state index contributed by atoms with van der Waals surface area (Å²) in [6.07, 6.45) is -3.14. The van der Waals surface area contributed by atoms with Crippen molar-refractivity contribution >= 4 is 0 Å². The Morgan fingerprint density at radius 1 is 1.28 bits per heavy atom. The molecule has 18 heavy (non-hydrogen) atoms. The number of nitrogens with zero attached hydrogens (tertiary/aromatic N) is 1. The van der Waals surface area contributed by atoms with E-state index in [4.69, 9.17) is 0 Å². The van der Waals surface area contributed by atoms with Crippen molar-refractivity contribution in [1.82, 2.24) is 10.2 Å². The molecule has 2 aromatic rings. The van der Waals surface area contributed by atoms with Gasteiger partial charge in [-0.2, -0.15) is 18.3 Å². The first-order valence-electron chi connectivity index (χ1n) is 5.26. The lowest BCUT2D eigenvalue weighted by Crippen LogP contribution is -2.09. The van der Waals surface area contributed by atoms with Crippen molar-refractivity contribution in [2.45, 2.75) is 19.5 Å². The minimum absolute atomic E-state index is 0.0938. The predicted octanol–water partition coefficient (Wildman–Crippen LogP) is 3.03. The van der Waals surface area contributed by atoms with E-state index in [2.05, 4.69) is 5.10 Å². The van der Waals surface area contributed by atoms with Gasteiger partial charge in [-0.1, -0.05) is 6.07 Å². The molecule has 0 aliphatic heterocycles. The van der Waals surface area contributed by atoms with E-state index in [1.54, 1.807) is 13.0 Å². The summed E-state index contributed by atoms with van der Waals surface area (Å²) in [5.41, 5.74) is 0.732. The molecular formula is C12H11F3N2O. The minimum atomic E-state index is -4.43. The van der Waals surface area contributed by atoms with Crippen LogP contribution in [0.5, 0.6) is 5.75 Å². The second-order valence-electron chi connectivity index (χ2n) is 4.06. The summed E-state index contributed by atoms with van der Waals surface area (Å²) in [6, 6.07) is 4.58. The van der Waals surface area contributed by atoms with E-state index in [1.165, 1.54) is 18.3 Å². The second kappa shape index (κ2) is 4.36. The van der Waals surface area contributed by atoms with Gasteiger partial charge in [0.05, 0.1) is 6.20 Å². The molecule has 0 fully saturated rings. The van der Waals surface area contributed by atoms with Crippen molar-refractivity contribution in [2.24, 2.45) is 0 Å². The number of alkyl halides is 3. The van der Waals surface area contributed by atoms with Crippen LogP contribution < -0.4 is 0 Å². The molecule has 2 rings (SSSR count). The Balaban J connectivity index is 2.32. The number of aryl methyl sites for hydroxylation is 1. The molecule has 0 aliphatic carbocycles. The van der Waals surface area contributed by atoms with Gasteiger partial charge in [0.15, 0.2) is 0 Å². The van der Waals surface area contributed by atoms with Crippen LogP contribution in [0.15, 0.2) is 24.4 Å². The van der Waals surface area contributed by atoms with Gasteiger partial charge < -0.3 is 5.11 Å². The SMILES string of the molecule is Cc1cc(O)ccc1Cc1cn[nH]c1C(F)(F)F. The van der Waals surface area contributed by atoms with Crippen LogP contribution in [-0.2, 0) is 12.6 Å². The van der Waals surface area contributed by atoms with Gasteiger partial charge in [-0.05, 0) is 30.2 Å². The molecule has 1 aromatic heterocycles. The molecule has 3 nitrogen and oxygen atoms in total. The maximum Gasteiger partial charge on any atom is 0.433 e. The number of rotatable bonds is 2. The Kier molecular flexibility index (Phi) is 3.02. The number of benzene rings is 1. The number of aromatic nitrogens is 2. The quantitative estimate of drug-likeness (QED) is 0.867. The van der Waals surface area contributed by atoms with Gasteiger partial charge in [-0.15, -0.1) is 0 Å². The fourth-order valence-electron chi connectivity index (χ4n) is 1.77. The van der Waals surface area contributed by atoms with Crippen LogP contribution in [0.1, 0.15) is 22.4 Å². The van der Waals surface area contributed by atoms with Gasteiger partial charge >= 0.3 is 6.18 Å². The third-order valence-electron chi connectivity index (χ3n) is 2.71. The summed E-state index contributed by atoms with van der Waals surface area (Å²) >= 11 is 0. The monoisotopic (exact) mass is 256 g/mol. The number of aromatic hydroxyl groups is 1. The van der Waals surface area contributed by atoms with Gasteiger partial charge in [-0.3, -0.25) is 5.10 Å². The summed E-state index contributed by atoms with van der Waals surface area (Å²) in [6.45, 7) is 1.74. The summed E-state index contributed by atoms with van der Waals surface area (Å²) in [7, 11) is 0. The molecule has 96 valence electrons. The molecule has 0 aliphatic rings. The number of halogens is 3. The number of phenolic OH excluding ortho intramolecular Hbond substituents is 1. The fourth-order valence-corrected chi connectivity index (χ4v) is 1.77. The third kappa shape index (κ3) is 2.47. The van der Waals surface area contributed by atoms with Crippen LogP contribution in [0.2, 0.25) is 0 Å². The van der Waals surface area contributed by atoms with Crippen LogP contribution in [0.3, 0.4) is 0 Å². The highest BCUT2D eigenvalue weighted by Crippen LogP contribution is 2.31. The highest BCUT2D eigenvalue weighted by atomic mass is 19.4. The van der Waals surface area contributed by atoms with E-state index < -0.39 is 11.9 Å². The number of hydrogen-bond acceptors (Lipinski definition) is 2. The molecule has 2 N–H and O–H groups in total. The maximum absolute atomic E-state index is 12.6. The topological polar surface area (TPSA) is 48.9 Å². The number of phenols is 1. The smallest absolute Gasteiger partial charge is 0.433 e. The van der Waals surface area contributed by atoms with Crippen LogP contribution in [0, 0.1) is 6.92 Å². The van der Waals surface area contributed by atoms with Crippen LogP contribution >= 0.6 is 0 Å². The standard InChI is InChI=1S/C12H11F3N2O/c1-7-4-10(18)3-2-8(7)5-9-6-16-17-11(9)12(13,14)15/h2-4,6,18H,5H2,1H3,(H,16,17). The zero-order valence-electron chi connectivity index (χ0n) is 9.54. The van der Waals surface area contributed by atoms with Gasteiger partial charge in [0.2, 0.25) is 0 Å². The van der Waals surface area contributed by atoms with Crippen molar-refractivity contribution in [3.8, 4) is 5.75 Å². The maximum atomic E-state index is 12.6. The molecule has 0 unspecified atom stereocenters. The Labute approximate surface area is 101 Å². The number of H-pyrrole nitrogens is 1. The molecule has 0 bridgehead atoms. The first kappa shape index (κ1) is 12.5. The predicted molar refractivity (Wildman–Crippen MR) is 59.2 cm³/mol. The summed E-state index contributed by atoms with van der Waals surface area (Å²) in [5, 5.41) is 14.7. The van der Waals surface area contributed by atoms with Crippen molar-refractivity contribution in [3.05, 3.63) is 46.8 Å². The van der Waals surface area contributed by atoms with E-state index in [0.29, 0.717) is 0 Å². The summed E-state index contributed by atoms with van der Waals surface area (Å²) in [5.74, 6) is 0.0967. The van der Waals surface area contributed by atoms with E-state index in [9.17, 15) is 18.3 Å². The Bertz CT molecular complexity index is 561. The van der Waals surface area contributed by atoms with Crippen molar-refractivity contribution in [2.75, 3.05) is 0 Å². The normalized spacial score (nSPS) is 11.8. The van der Waals surface area contributed by atoms with Crippen LogP contribution in [0.25, 0.3) is 0 Å². The van der Waals surface area contributed by atoms with Crippen molar-refractivity contribution < 1.29 is 18.3 Å². The van der Waals surface area contributed by atoms with Gasteiger partial charge in [0.25, 0.3) is 0 Å². The van der Waals surface area contributed by atoms with Gasteiger partial charge in [0.1, 0.15) is 11.4 Å². The Morgan fingerprint density at radius 3 is 2.61 bits per heavy atom. The third-order valence-corrected chi connectivity index (χ3v) is 2.71. The molecule has 1 heterocycles. The molecule has 6 heteroatoms. The fraction of sp³-hybridized carbons (Fsp3) is 0.250. The molecule has 0 radical (unpaired) electrons. The highest BCUT2D eigenvalue weighted by Gasteiger charge is 2.35. The van der Waals surface area contributed by atoms with E-state index in [0.717, 1.165) is 11.1 Å². The highest BCUT2D eigenvalue weighted by molar-refractivity contribution is 5.38. The number of hydrogen-bond donors (Lipinski definition) is 2. The van der Waals surface area contributed by atoms with Crippen LogP contribution in [0.4, 0.5) is 13.2 Å². The summed E-state index contributed by atoms with van der Waals surface area (Å²) in [4.78, 5) is 0. The molecule has 0 amide bonds. The zero-order chi connectivity index (χ0) is 13.3.